The number of pyridine rings is 2. The summed E-state index contributed by atoms with van der Waals surface area (Å²) in [7, 11) is 0. The van der Waals surface area contributed by atoms with E-state index < -0.39 is 0 Å². The maximum absolute atomic E-state index is 13.2. The standard InChI is InChI=1S/C25H24N2O2/c1-5-18-20-12-17(29-14(2)3)7-9-22(20)26-24-21(18)13-27-23(24)11-16-10-15(4)6-8-19(16)25(27)28/h7,9,11-12H,2,4-6,8,10,13H2,1,3H3. The molecule has 0 saturated carbocycles. The summed E-state index contributed by atoms with van der Waals surface area (Å²) < 4.78 is 7.62. The van der Waals surface area contributed by atoms with Crippen LogP contribution < -0.4 is 10.3 Å². The Morgan fingerprint density at radius 3 is 2.83 bits per heavy atom. The molecule has 0 bridgehead atoms. The van der Waals surface area contributed by atoms with Gasteiger partial charge in [-0.15, -0.1) is 0 Å². The molecule has 0 spiro atoms. The van der Waals surface area contributed by atoms with Crippen LogP contribution in [-0.4, -0.2) is 9.55 Å². The van der Waals surface area contributed by atoms with Crippen molar-refractivity contribution in [2.24, 2.45) is 0 Å². The number of hydrogen-bond acceptors (Lipinski definition) is 3. The van der Waals surface area contributed by atoms with Gasteiger partial charge in [-0.3, -0.25) is 4.79 Å². The molecule has 1 aliphatic heterocycles. The molecule has 0 saturated heterocycles. The molecule has 0 amide bonds. The van der Waals surface area contributed by atoms with Crippen LogP contribution in [0, 0.1) is 0 Å². The Balaban J connectivity index is 1.74. The van der Waals surface area contributed by atoms with Gasteiger partial charge in [-0.1, -0.05) is 25.7 Å². The van der Waals surface area contributed by atoms with Crippen LogP contribution in [0.1, 0.15) is 42.5 Å². The van der Waals surface area contributed by atoms with Gasteiger partial charge >= 0.3 is 0 Å². The summed E-state index contributed by atoms with van der Waals surface area (Å²) in [6, 6.07) is 8.13. The van der Waals surface area contributed by atoms with E-state index in [9.17, 15) is 4.79 Å². The number of allylic oxidation sites excluding steroid dienone is 2. The first kappa shape index (κ1) is 17.9. The van der Waals surface area contributed by atoms with Crippen LogP contribution >= 0.6 is 0 Å². The van der Waals surface area contributed by atoms with Crippen molar-refractivity contribution in [2.45, 2.75) is 46.1 Å². The lowest BCUT2D eigenvalue weighted by atomic mass is 9.89. The van der Waals surface area contributed by atoms with Crippen molar-refractivity contribution >= 4 is 10.9 Å². The topological polar surface area (TPSA) is 44.1 Å². The zero-order chi connectivity index (χ0) is 20.3. The Bertz CT molecular complexity index is 1280. The number of hydrogen-bond donors (Lipinski definition) is 0. The third-order valence-electron chi connectivity index (χ3n) is 6.04. The molecule has 0 N–H and O–H groups in total. The third-order valence-corrected chi connectivity index (χ3v) is 6.04. The lowest BCUT2D eigenvalue weighted by Gasteiger charge is -2.19. The van der Waals surface area contributed by atoms with Crippen LogP contribution in [0.3, 0.4) is 0 Å². The van der Waals surface area contributed by atoms with Crippen LogP contribution in [-0.2, 0) is 25.8 Å². The normalized spacial score (nSPS) is 14.5. The predicted molar refractivity (Wildman–Crippen MR) is 117 cm³/mol. The number of ether oxygens (including phenoxy) is 1. The Labute approximate surface area is 170 Å². The first-order valence-electron chi connectivity index (χ1n) is 10.2. The minimum atomic E-state index is 0.139. The molecule has 1 aromatic carbocycles. The fraction of sp³-hybridized carbons (Fsp3) is 0.280. The van der Waals surface area contributed by atoms with Gasteiger partial charge in [0.1, 0.15) is 5.75 Å². The number of fused-ring (bicyclic) bond motifs is 5. The highest BCUT2D eigenvalue weighted by molar-refractivity contribution is 5.89. The summed E-state index contributed by atoms with van der Waals surface area (Å²) in [5, 5.41) is 1.09. The second-order valence-electron chi connectivity index (χ2n) is 8.11. The highest BCUT2D eigenvalue weighted by Crippen LogP contribution is 2.38. The second-order valence-corrected chi connectivity index (χ2v) is 8.11. The van der Waals surface area contributed by atoms with Crippen molar-refractivity contribution in [3.63, 3.8) is 0 Å². The highest BCUT2D eigenvalue weighted by atomic mass is 16.5. The molecule has 5 rings (SSSR count). The number of nitrogens with zero attached hydrogens (tertiary/aromatic N) is 2. The summed E-state index contributed by atoms with van der Waals surface area (Å²) in [6.45, 7) is 12.5. The Morgan fingerprint density at radius 2 is 2.07 bits per heavy atom. The van der Waals surface area contributed by atoms with E-state index in [1.807, 2.05) is 29.7 Å². The lowest BCUT2D eigenvalue weighted by molar-refractivity contribution is 0.431. The van der Waals surface area contributed by atoms with E-state index in [4.69, 9.17) is 9.72 Å². The van der Waals surface area contributed by atoms with E-state index in [-0.39, 0.29) is 5.56 Å². The molecule has 4 nitrogen and oxygen atoms in total. The fourth-order valence-electron chi connectivity index (χ4n) is 4.73. The van der Waals surface area contributed by atoms with Gasteiger partial charge in [0.05, 0.1) is 29.2 Å². The Kier molecular flexibility index (Phi) is 3.98. The SMILES string of the molecule is C=C1CCc2c(cc3n(c2=O)Cc2c-3nc3ccc(OC(=C)C)cc3c2CC)C1. The molecule has 1 aliphatic carbocycles. The number of rotatable bonds is 3. The summed E-state index contributed by atoms with van der Waals surface area (Å²) >= 11 is 0. The largest absolute Gasteiger partial charge is 0.463 e. The Morgan fingerprint density at radius 1 is 1.24 bits per heavy atom. The zero-order valence-corrected chi connectivity index (χ0v) is 17.0. The van der Waals surface area contributed by atoms with E-state index in [0.29, 0.717) is 12.3 Å². The van der Waals surface area contributed by atoms with Crippen molar-refractivity contribution in [1.29, 1.82) is 0 Å². The molecule has 146 valence electrons. The lowest BCUT2D eigenvalue weighted by Crippen LogP contribution is -2.27. The molecule has 29 heavy (non-hydrogen) atoms. The van der Waals surface area contributed by atoms with Gasteiger partial charge in [0, 0.05) is 16.5 Å². The number of aryl methyl sites for hydroxylation is 1. The zero-order valence-electron chi connectivity index (χ0n) is 17.0. The van der Waals surface area contributed by atoms with Gasteiger partial charge in [0.15, 0.2) is 0 Å². The van der Waals surface area contributed by atoms with Gasteiger partial charge < -0.3 is 9.30 Å². The molecule has 4 heteroatoms. The van der Waals surface area contributed by atoms with Gasteiger partial charge in [0.2, 0.25) is 0 Å². The van der Waals surface area contributed by atoms with Crippen molar-refractivity contribution in [3.8, 4) is 17.1 Å². The average Bonchev–Trinajstić information content (AvgIpc) is 3.04. The number of aromatic nitrogens is 2. The van der Waals surface area contributed by atoms with Crippen LogP contribution in [0.2, 0.25) is 0 Å². The van der Waals surface area contributed by atoms with Gasteiger partial charge in [0.25, 0.3) is 5.56 Å². The van der Waals surface area contributed by atoms with Crippen LogP contribution in [0.5, 0.6) is 5.75 Å². The van der Waals surface area contributed by atoms with E-state index in [1.165, 1.54) is 11.1 Å². The van der Waals surface area contributed by atoms with Crippen LogP contribution in [0.25, 0.3) is 22.3 Å². The van der Waals surface area contributed by atoms with Crippen LogP contribution in [0.15, 0.2) is 53.6 Å². The van der Waals surface area contributed by atoms with Gasteiger partial charge in [-0.25, -0.2) is 4.98 Å². The van der Waals surface area contributed by atoms with Crippen molar-refractivity contribution in [2.75, 3.05) is 0 Å². The summed E-state index contributed by atoms with van der Waals surface area (Å²) in [4.78, 5) is 18.2. The van der Waals surface area contributed by atoms with Gasteiger partial charge in [-0.05, 0) is 68.0 Å². The van der Waals surface area contributed by atoms with E-state index in [2.05, 4.69) is 26.1 Å². The van der Waals surface area contributed by atoms with E-state index in [0.717, 1.165) is 70.4 Å². The first-order chi connectivity index (χ1) is 14.0. The minimum Gasteiger partial charge on any atom is -0.463 e. The third kappa shape index (κ3) is 2.74. The summed E-state index contributed by atoms with van der Waals surface area (Å²) in [6.07, 6.45) is 3.37. The monoisotopic (exact) mass is 384 g/mol. The molecule has 0 fully saturated rings. The van der Waals surface area contributed by atoms with E-state index >= 15 is 0 Å². The average molecular weight is 384 g/mol. The van der Waals surface area contributed by atoms with E-state index in [1.54, 1.807) is 0 Å². The van der Waals surface area contributed by atoms with Crippen LogP contribution in [0.4, 0.5) is 0 Å². The maximum atomic E-state index is 13.2. The maximum Gasteiger partial charge on any atom is 0.254 e. The first-order valence-corrected chi connectivity index (χ1v) is 10.2. The Hall–Kier alpha value is -3.14. The molecule has 3 heterocycles. The number of benzene rings is 1. The molecule has 2 aliphatic rings. The molecular weight excluding hydrogens is 360 g/mol. The summed E-state index contributed by atoms with van der Waals surface area (Å²) in [5.41, 5.74) is 8.62. The van der Waals surface area contributed by atoms with Crippen molar-refractivity contribution < 1.29 is 4.74 Å². The smallest absolute Gasteiger partial charge is 0.254 e. The molecular formula is C25H24N2O2. The minimum absolute atomic E-state index is 0.139. The molecule has 0 unspecified atom stereocenters. The molecule has 0 atom stereocenters. The summed E-state index contributed by atoms with van der Waals surface area (Å²) in [5.74, 6) is 1.42. The predicted octanol–water partition coefficient (Wildman–Crippen LogP) is 4.94. The molecule has 2 aromatic heterocycles. The van der Waals surface area contributed by atoms with Crippen molar-refractivity contribution in [1.82, 2.24) is 9.55 Å². The fourth-order valence-corrected chi connectivity index (χ4v) is 4.73. The quantitative estimate of drug-likeness (QED) is 0.371. The molecule has 3 aromatic rings. The van der Waals surface area contributed by atoms with Crippen molar-refractivity contribution in [3.05, 3.63) is 81.4 Å². The molecule has 0 radical (unpaired) electrons. The highest BCUT2D eigenvalue weighted by Gasteiger charge is 2.28. The second kappa shape index (κ2) is 6.45. The van der Waals surface area contributed by atoms with Gasteiger partial charge in [-0.2, -0.15) is 0 Å².